The molecular weight excluding hydrogens is 356 g/mol. The van der Waals surface area contributed by atoms with Crippen LogP contribution in [-0.2, 0) is 17.6 Å². The van der Waals surface area contributed by atoms with Gasteiger partial charge in [-0.05, 0) is 36.5 Å². The van der Waals surface area contributed by atoms with Crippen LogP contribution in [0.1, 0.15) is 30.5 Å². The molecule has 0 fully saturated rings. The first kappa shape index (κ1) is 19.2. The third-order valence-corrected chi connectivity index (χ3v) is 5.28. The van der Waals surface area contributed by atoms with Gasteiger partial charge in [-0.3, -0.25) is 9.89 Å². The lowest BCUT2D eigenvalue weighted by atomic mass is 10.1. The highest BCUT2D eigenvalue weighted by atomic mass is 32.2. The van der Waals surface area contributed by atoms with E-state index >= 15 is 0 Å². The number of nitrogens with one attached hydrogen (secondary N) is 2. The molecule has 0 saturated heterocycles. The molecule has 140 valence electrons. The average molecular weight is 381 g/mol. The van der Waals surface area contributed by atoms with Gasteiger partial charge >= 0.3 is 0 Å². The number of carbonyl (C=O) groups is 1. The molecule has 2 N–H and O–H groups in total. The van der Waals surface area contributed by atoms with E-state index in [2.05, 4.69) is 46.5 Å². The summed E-state index contributed by atoms with van der Waals surface area (Å²) in [6.45, 7) is 6.22. The largest absolute Gasteiger partial charge is 0.325 e. The fraction of sp³-hybridized carbons (Fsp3) is 0.286. The molecule has 0 saturated carbocycles. The SMILES string of the molecule is CCc1ccc(-c2nc(SCC(=O)Nc3c(C)cccc3CC)n[nH]2)cc1. The number of aryl methyl sites for hydroxylation is 3. The molecule has 1 amide bonds. The van der Waals surface area contributed by atoms with Gasteiger partial charge in [0.1, 0.15) is 0 Å². The molecule has 5 nitrogen and oxygen atoms in total. The second-order valence-corrected chi connectivity index (χ2v) is 7.26. The number of hydrogen-bond acceptors (Lipinski definition) is 4. The lowest BCUT2D eigenvalue weighted by molar-refractivity contribution is -0.113. The van der Waals surface area contributed by atoms with Crippen LogP contribution >= 0.6 is 11.8 Å². The van der Waals surface area contributed by atoms with Crippen molar-refractivity contribution in [1.82, 2.24) is 15.2 Å². The van der Waals surface area contributed by atoms with Gasteiger partial charge in [0.15, 0.2) is 5.82 Å². The number of rotatable bonds is 7. The van der Waals surface area contributed by atoms with E-state index < -0.39 is 0 Å². The van der Waals surface area contributed by atoms with Gasteiger partial charge in [0.05, 0.1) is 5.75 Å². The summed E-state index contributed by atoms with van der Waals surface area (Å²) in [5.41, 5.74) is 5.40. The number of para-hydroxylation sites is 1. The van der Waals surface area contributed by atoms with Crippen LogP contribution in [0.4, 0.5) is 5.69 Å². The Morgan fingerprint density at radius 3 is 2.59 bits per heavy atom. The Bertz CT molecular complexity index is 918. The van der Waals surface area contributed by atoms with Crippen molar-refractivity contribution in [2.45, 2.75) is 38.8 Å². The first-order valence-electron chi connectivity index (χ1n) is 9.13. The Morgan fingerprint density at radius 1 is 1.11 bits per heavy atom. The van der Waals surface area contributed by atoms with Crippen LogP contribution in [0.3, 0.4) is 0 Å². The van der Waals surface area contributed by atoms with Crippen molar-refractivity contribution in [3.05, 3.63) is 59.2 Å². The number of H-pyrrole nitrogens is 1. The predicted molar refractivity (Wildman–Crippen MR) is 111 cm³/mol. The van der Waals surface area contributed by atoms with E-state index in [0.29, 0.717) is 11.0 Å². The van der Waals surface area contributed by atoms with E-state index in [-0.39, 0.29) is 11.7 Å². The zero-order valence-corrected chi connectivity index (χ0v) is 16.7. The maximum Gasteiger partial charge on any atom is 0.234 e. The van der Waals surface area contributed by atoms with Gasteiger partial charge in [0.2, 0.25) is 11.1 Å². The first-order chi connectivity index (χ1) is 13.1. The molecule has 0 spiro atoms. The zero-order valence-electron chi connectivity index (χ0n) is 15.9. The number of benzene rings is 2. The minimum absolute atomic E-state index is 0.0531. The Morgan fingerprint density at radius 2 is 1.89 bits per heavy atom. The van der Waals surface area contributed by atoms with Crippen molar-refractivity contribution in [1.29, 1.82) is 0 Å². The monoisotopic (exact) mass is 380 g/mol. The molecular formula is C21H24N4OS. The maximum atomic E-state index is 12.4. The van der Waals surface area contributed by atoms with Gasteiger partial charge in [0, 0.05) is 11.3 Å². The minimum Gasteiger partial charge on any atom is -0.325 e. The van der Waals surface area contributed by atoms with Crippen molar-refractivity contribution in [2.75, 3.05) is 11.1 Å². The third kappa shape index (κ3) is 4.77. The highest BCUT2D eigenvalue weighted by Crippen LogP contribution is 2.23. The molecule has 6 heteroatoms. The molecule has 3 rings (SSSR count). The van der Waals surface area contributed by atoms with Crippen molar-refractivity contribution in [2.24, 2.45) is 0 Å². The molecule has 3 aromatic rings. The van der Waals surface area contributed by atoms with E-state index in [1.807, 2.05) is 37.3 Å². The third-order valence-electron chi connectivity index (χ3n) is 4.44. The van der Waals surface area contributed by atoms with E-state index in [4.69, 9.17) is 0 Å². The number of carbonyl (C=O) groups excluding carboxylic acids is 1. The summed E-state index contributed by atoms with van der Waals surface area (Å²) < 4.78 is 0. The molecule has 2 aromatic carbocycles. The molecule has 0 aliphatic heterocycles. The number of anilines is 1. The second-order valence-electron chi connectivity index (χ2n) is 6.32. The molecule has 0 aliphatic carbocycles. The molecule has 0 unspecified atom stereocenters. The van der Waals surface area contributed by atoms with Crippen LogP contribution < -0.4 is 5.32 Å². The summed E-state index contributed by atoms with van der Waals surface area (Å²) in [5.74, 6) is 0.930. The average Bonchev–Trinajstić information content (AvgIpc) is 3.17. The fourth-order valence-corrected chi connectivity index (χ4v) is 3.44. The van der Waals surface area contributed by atoms with E-state index in [1.165, 1.54) is 17.3 Å². The minimum atomic E-state index is -0.0531. The topological polar surface area (TPSA) is 70.7 Å². The smallest absolute Gasteiger partial charge is 0.234 e. The van der Waals surface area contributed by atoms with Crippen LogP contribution in [0.15, 0.2) is 47.6 Å². The van der Waals surface area contributed by atoms with Crippen LogP contribution in [0.2, 0.25) is 0 Å². The Kier molecular flexibility index (Phi) is 6.29. The van der Waals surface area contributed by atoms with Gasteiger partial charge in [-0.2, -0.15) is 0 Å². The molecule has 1 aromatic heterocycles. The van der Waals surface area contributed by atoms with E-state index in [0.717, 1.165) is 35.2 Å². The quantitative estimate of drug-likeness (QED) is 0.586. The molecule has 0 atom stereocenters. The summed E-state index contributed by atoms with van der Waals surface area (Å²) in [5, 5.41) is 10.8. The summed E-state index contributed by atoms with van der Waals surface area (Å²) in [6, 6.07) is 14.3. The highest BCUT2D eigenvalue weighted by molar-refractivity contribution is 7.99. The number of aromatic amines is 1. The van der Waals surface area contributed by atoms with Crippen molar-refractivity contribution in [3.8, 4) is 11.4 Å². The lowest BCUT2D eigenvalue weighted by Gasteiger charge is -2.12. The summed E-state index contributed by atoms with van der Waals surface area (Å²) in [7, 11) is 0. The highest BCUT2D eigenvalue weighted by Gasteiger charge is 2.12. The number of nitrogens with zero attached hydrogens (tertiary/aromatic N) is 2. The summed E-state index contributed by atoms with van der Waals surface area (Å²) in [4.78, 5) is 16.8. The fourth-order valence-electron chi connectivity index (χ4n) is 2.85. The number of amides is 1. The standard InChI is InChI=1S/C21H24N4OS/c1-4-15-9-11-17(12-10-15)20-23-21(25-24-20)27-13-18(26)22-19-14(3)7-6-8-16(19)5-2/h6-12H,4-5,13H2,1-3H3,(H,22,26)(H,23,24,25). The molecule has 0 bridgehead atoms. The normalized spacial score (nSPS) is 10.8. The number of hydrogen-bond donors (Lipinski definition) is 2. The van der Waals surface area contributed by atoms with Gasteiger partial charge < -0.3 is 5.32 Å². The van der Waals surface area contributed by atoms with Gasteiger partial charge in [-0.1, -0.05) is 68.1 Å². The van der Waals surface area contributed by atoms with Crippen molar-refractivity contribution >= 4 is 23.4 Å². The second kappa shape index (κ2) is 8.86. The Labute approximate surface area is 164 Å². The zero-order chi connectivity index (χ0) is 19.2. The maximum absolute atomic E-state index is 12.4. The van der Waals surface area contributed by atoms with Crippen molar-refractivity contribution in [3.63, 3.8) is 0 Å². The Hall–Kier alpha value is -2.60. The summed E-state index contributed by atoms with van der Waals surface area (Å²) >= 11 is 1.32. The summed E-state index contributed by atoms with van der Waals surface area (Å²) in [6.07, 6.45) is 1.89. The molecule has 1 heterocycles. The van der Waals surface area contributed by atoms with E-state index in [9.17, 15) is 4.79 Å². The van der Waals surface area contributed by atoms with Crippen LogP contribution in [-0.4, -0.2) is 26.8 Å². The molecule has 0 radical (unpaired) electrons. The Balaban J connectivity index is 1.60. The van der Waals surface area contributed by atoms with Gasteiger partial charge in [-0.15, -0.1) is 5.10 Å². The first-order valence-corrected chi connectivity index (χ1v) is 10.1. The van der Waals surface area contributed by atoms with Gasteiger partial charge in [0.25, 0.3) is 0 Å². The van der Waals surface area contributed by atoms with Crippen molar-refractivity contribution < 1.29 is 4.79 Å². The van der Waals surface area contributed by atoms with Crippen LogP contribution in [0, 0.1) is 6.92 Å². The van der Waals surface area contributed by atoms with Crippen LogP contribution in [0.25, 0.3) is 11.4 Å². The van der Waals surface area contributed by atoms with Crippen LogP contribution in [0.5, 0.6) is 0 Å². The van der Waals surface area contributed by atoms with E-state index in [1.54, 1.807) is 0 Å². The lowest BCUT2D eigenvalue weighted by Crippen LogP contribution is -2.16. The number of aromatic nitrogens is 3. The molecule has 27 heavy (non-hydrogen) atoms. The predicted octanol–water partition coefficient (Wildman–Crippen LogP) is 4.64. The number of thioether (sulfide) groups is 1. The van der Waals surface area contributed by atoms with Gasteiger partial charge in [-0.25, -0.2) is 4.98 Å². The molecule has 0 aliphatic rings.